The van der Waals surface area contributed by atoms with Gasteiger partial charge in [-0.05, 0) is 23.8 Å². The van der Waals surface area contributed by atoms with Crippen LogP contribution in [-0.2, 0) is 13.1 Å². The van der Waals surface area contributed by atoms with Crippen molar-refractivity contribution in [1.29, 1.82) is 0 Å². The highest BCUT2D eigenvalue weighted by atomic mass is 16.5. The average molecular weight is 273 g/mol. The number of nitrogens with one attached hydrogen (secondary N) is 3. The van der Waals surface area contributed by atoms with Crippen LogP contribution in [0.4, 0.5) is 0 Å². The molecular formula is C14H19N5O. The summed E-state index contributed by atoms with van der Waals surface area (Å²) in [7, 11) is 3.41. The number of nitrogens with zero attached hydrogens (tertiary/aromatic N) is 2. The van der Waals surface area contributed by atoms with Crippen LogP contribution in [-0.4, -0.2) is 30.3 Å². The van der Waals surface area contributed by atoms with Gasteiger partial charge in [0, 0.05) is 19.8 Å². The van der Waals surface area contributed by atoms with Gasteiger partial charge in [-0.1, -0.05) is 12.1 Å². The number of methoxy groups -OCH3 is 1. The van der Waals surface area contributed by atoms with E-state index in [4.69, 9.17) is 4.74 Å². The van der Waals surface area contributed by atoms with Crippen LogP contribution in [0.2, 0.25) is 0 Å². The van der Waals surface area contributed by atoms with Crippen LogP contribution < -0.4 is 15.4 Å². The van der Waals surface area contributed by atoms with Crippen molar-refractivity contribution in [2.24, 2.45) is 4.99 Å². The number of aliphatic imine (C=N–C) groups is 1. The Balaban J connectivity index is 1.81. The van der Waals surface area contributed by atoms with Gasteiger partial charge in [0.05, 0.1) is 19.3 Å². The third kappa shape index (κ3) is 4.01. The highest BCUT2D eigenvalue weighted by molar-refractivity contribution is 5.79. The molecule has 0 aliphatic carbocycles. The molecule has 1 heterocycles. The van der Waals surface area contributed by atoms with E-state index in [9.17, 15) is 0 Å². The minimum atomic E-state index is 0.655. The maximum absolute atomic E-state index is 5.13. The predicted molar refractivity (Wildman–Crippen MR) is 78.6 cm³/mol. The van der Waals surface area contributed by atoms with Gasteiger partial charge in [0.15, 0.2) is 5.96 Å². The Hall–Kier alpha value is -2.50. The fourth-order valence-corrected chi connectivity index (χ4v) is 1.71. The summed E-state index contributed by atoms with van der Waals surface area (Å²) < 4.78 is 5.13. The minimum absolute atomic E-state index is 0.655. The van der Waals surface area contributed by atoms with E-state index in [0.717, 1.165) is 23.0 Å². The predicted octanol–water partition coefficient (Wildman–Crippen LogP) is 1.28. The van der Waals surface area contributed by atoms with E-state index in [1.807, 2.05) is 30.3 Å². The first-order valence-corrected chi connectivity index (χ1v) is 6.37. The summed E-state index contributed by atoms with van der Waals surface area (Å²) in [5.74, 6) is 1.60. The maximum atomic E-state index is 5.13. The van der Waals surface area contributed by atoms with Crippen LogP contribution in [0.3, 0.4) is 0 Å². The molecule has 2 rings (SSSR count). The zero-order valence-electron chi connectivity index (χ0n) is 11.7. The number of hydrogen-bond donors (Lipinski definition) is 3. The molecule has 2 aromatic rings. The zero-order chi connectivity index (χ0) is 14.2. The first kappa shape index (κ1) is 13.9. The molecule has 0 amide bonds. The highest BCUT2D eigenvalue weighted by Crippen LogP contribution is 2.10. The molecule has 0 bridgehead atoms. The topological polar surface area (TPSA) is 74.3 Å². The zero-order valence-corrected chi connectivity index (χ0v) is 11.7. The van der Waals surface area contributed by atoms with Crippen LogP contribution in [0, 0.1) is 0 Å². The van der Waals surface area contributed by atoms with Crippen LogP contribution in [0.5, 0.6) is 5.75 Å². The summed E-state index contributed by atoms with van der Waals surface area (Å²) in [4.78, 5) is 4.17. The fraction of sp³-hybridized carbons (Fsp3) is 0.286. The Morgan fingerprint density at radius 3 is 2.55 bits per heavy atom. The number of benzene rings is 1. The molecule has 0 radical (unpaired) electrons. The first-order chi connectivity index (χ1) is 9.81. The summed E-state index contributed by atoms with van der Waals surface area (Å²) in [5.41, 5.74) is 2.17. The molecule has 6 nitrogen and oxygen atoms in total. The number of ether oxygens (including phenoxy) is 1. The van der Waals surface area contributed by atoms with Crippen molar-refractivity contribution in [2.75, 3.05) is 14.2 Å². The van der Waals surface area contributed by atoms with E-state index in [1.165, 1.54) is 0 Å². The monoisotopic (exact) mass is 273 g/mol. The summed E-state index contributed by atoms with van der Waals surface area (Å²) in [6, 6.07) is 9.85. The van der Waals surface area contributed by atoms with E-state index in [1.54, 1.807) is 20.4 Å². The average Bonchev–Trinajstić information content (AvgIpc) is 3.01. The van der Waals surface area contributed by atoms with Crippen molar-refractivity contribution < 1.29 is 4.74 Å². The Bertz CT molecular complexity index is 533. The Labute approximate surface area is 118 Å². The summed E-state index contributed by atoms with van der Waals surface area (Å²) in [6.07, 6.45) is 1.73. The van der Waals surface area contributed by atoms with Gasteiger partial charge in [0.25, 0.3) is 0 Å². The van der Waals surface area contributed by atoms with Gasteiger partial charge < -0.3 is 15.4 Å². The van der Waals surface area contributed by atoms with Gasteiger partial charge >= 0.3 is 0 Å². The maximum Gasteiger partial charge on any atom is 0.191 e. The largest absolute Gasteiger partial charge is 0.497 e. The summed E-state index contributed by atoms with van der Waals surface area (Å²) in [6.45, 7) is 1.36. The van der Waals surface area contributed by atoms with E-state index >= 15 is 0 Å². The third-order valence-electron chi connectivity index (χ3n) is 2.85. The van der Waals surface area contributed by atoms with Gasteiger partial charge in [0.2, 0.25) is 0 Å². The fourth-order valence-electron chi connectivity index (χ4n) is 1.71. The van der Waals surface area contributed by atoms with Crippen LogP contribution in [0.25, 0.3) is 0 Å². The van der Waals surface area contributed by atoms with Crippen molar-refractivity contribution in [3.63, 3.8) is 0 Å². The van der Waals surface area contributed by atoms with Gasteiger partial charge in [-0.3, -0.25) is 10.1 Å². The van der Waals surface area contributed by atoms with Crippen molar-refractivity contribution in [3.8, 4) is 5.75 Å². The van der Waals surface area contributed by atoms with E-state index < -0.39 is 0 Å². The SMILES string of the molecule is CN=C(NCc1ccc(OC)cc1)NCc1ccn[nH]1. The second-order valence-electron chi connectivity index (χ2n) is 4.21. The summed E-state index contributed by atoms with van der Waals surface area (Å²) in [5, 5.41) is 13.2. The molecule has 0 aliphatic heterocycles. The standard InChI is InChI=1S/C14H19N5O/c1-15-14(17-10-12-7-8-18-19-12)16-9-11-3-5-13(20-2)6-4-11/h3-8H,9-10H2,1-2H3,(H,18,19)(H2,15,16,17). The van der Waals surface area contributed by atoms with Gasteiger partial charge in [-0.25, -0.2) is 0 Å². The first-order valence-electron chi connectivity index (χ1n) is 6.37. The summed E-state index contributed by atoms with van der Waals surface area (Å²) >= 11 is 0. The van der Waals surface area contributed by atoms with Crippen molar-refractivity contribution in [2.45, 2.75) is 13.1 Å². The smallest absolute Gasteiger partial charge is 0.191 e. The Morgan fingerprint density at radius 2 is 1.95 bits per heavy atom. The molecule has 0 saturated heterocycles. The Kier molecular flexibility index (Phi) is 5.00. The third-order valence-corrected chi connectivity index (χ3v) is 2.85. The second-order valence-corrected chi connectivity index (χ2v) is 4.21. The molecule has 0 aliphatic rings. The van der Waals surface area contributed by atoms with Crippen molar-refractivity contribution in [3.05, 3.63) is 47.8 Å². The van der Waals surface area contributed by atoms with E-state index in [2.05, 4.69) is 25.8 Å². The lowest BCUT2D eigenvalue weighted by atomic mass is 10.2. The lowest BCUT2D eigenvalue weighted by Crippen LogP contribution is -2.36. The number of rotatable bonds is 5. The number of aromatic nitrogens is 2. The van der Waals surface area contributed by atoms with Crippen molar-refractivity contribution in [1.82, 2.24) is 20.8 Å². The Morgan fingerprint density at radius 1 is 1.20 bits per heavy atom. The normalized spacial score (nSPS) is 11.2. The van der Waals surface area contributed by atoms with Gasteiger partial charge in [0.1, 0.15) is 5.75 Å². The second kappa shape index (κ2) is 7.18. The molecule has 6 heteroatoms. The van der Waals surface area contributed by atoms with Gasteiger partial charge in [-0.2, -0.15) is 5.10 Å². The molecule has 0 atom stereocenters. The molecule has 0 saturated carbocycles. The molecule has 0 fully saturated rings. The molecule has 20 heavy (non-hydrogen) atoms. The lowest BCUT2D eigenvalue weighted by Gasteiger charge is -2.11. The van der Waals surface area contributed by atoms with Crippen LogP contribution in [0.1, 0.15) is 11.3 Å². The molecule has 1 aromatic heterocycles. The van der Waals surface area contributed by atoms with Crippen LogP contribution in [0.15, 0.2) is 41.5 Å². The molecule has 1 aromatic carbocycles. The lowest BCUT2D eigenvalue weighted by molar-refractivity contribution is 0.414. The van der Waals surface area contributed by atoms with Crippen molar-refractivity contribution >= 4 is 5.96 Å². The molecule has 0 spiro atoms. The quantitative estimate of drug-likeness (QED) is 0.567. The molecule has 0 unspecified atom stereocenters. The number of hydrogen-bond acceptors (Lipinski definition) is 3. The number of guanidine groups is 1. The van der Waals surface area contributed by atoms with E-state index in [-0.39, 0.29) is 0 Å². The van der Waals surface area contributed by atoms with E-state index in [0.29, 0.717) is 13.1 Å². The van der Waals surface area contributed by atoms with Gasteiger partial charge in [-0.15, -0.1) is 0 Å². The molecule has 106 valence electrons. The highest BCUT2D eigenvalue weighted by Gasteiger charge is 2.00. The number of aromatic amines is 1. The van der Waals surface area contributed by atoms with Crippen LogP contribution >= 0.6 is 0 Å². The molecular weight excluding hydrogens is 254 g/mol. The number of H-pyrrole nitrogens is 1. The molecule has 3 N–H and O–H groups in total. The minimum Gasteiger partial charge on any atom is -0.497 e.